The zero-order valence-electron chi connectivity index (χ0n) is 7.23. The SMILES string of the molecule is Cc1ncc(CF)cc1OC(F)(F)F. The van der Waals surface area contributed by atoms with Crippen molar-refractivity contribution in [3.8, 4) is 5.75 Å². The van der Waals surface area contributed by atoms with Crippen LogP contribution in [-0.2, 0) is 6.67 Å². The predicted molar refractivity (Wildman–Crippen MR) is 40.5 cm³/mol. The Morgan fingerprint density at radius 1 is 1.43 bits per heavy atom. The Bertz CT molecular complexity index is 324. The second kappa shape index (κ2) is 3.81. The number of nitrogens with zero attached hydrogens (tertiary/aromatic N) is 1. The third kappa shape index (κ3) is 2.86. The molecular formula is C8H7F4NO. The van der Waals surface area contributed by atoms with E-state index >= 15 is 0 Å². The smallest absolute Gasteiger partial charge is 0.404 e. The van der Waals surface area contributed by atoms with Gasteiger partial charge in [0.15, 0.2) is 5.75 Å². The van der Waals surface area contributed by atoms with Crippen molar-refractivity contribution in [1.82, 2.24) is 4.98 Å². The normalized spacial score (nSPS) is 11.5. The highest BCUT2D eigenvalue weighted by Crippen LogP contribution is 2.25. The number of hydrogen-bond donors (Lipinski definition) is 0. The Hall–Kier alpha value is -1.33. The van der Waals surface area contributed by atoms with E-state index in [1.807, 2.05) is 0 Å². The number of halogens is 4. The number of aryl methyl sites for hydroxylation is 1. The van der Waals surface area contributed by atoms with E-state index in [9.17, 15) is 17.6 Å². The fraction of sp³-hybridized carbons (Fsp3) is 0.375. The second-order valence-corrected chi connectivity index (χ2v) is 2.61. The first-order valence-corrected chi connectivity index (χ1v) is 3.69. The van der Waals surface area contributed by atoms with Gasteiger partial charge in [-0.15, -0.1) is 13.2 Å². The molecule has 1 aromatic heterocycles. The molecule has 0 atom stereocenters. The standard InChI is InChI=1S/C8H7F4NO/c1-5-7(14-8(10,11)12)2-6(3-9)4-13-5/h2,4H,3H2,1H3. The van der Waals surface area contributed by atoms with Crippen LogP contribution in [0.4, 0.5) is 17.6 Å². The zero-order chi connectivity index (χ0) is 10.8. The molecule has 0 bridgehead atoms. The summed E-state index contributed by atoms with van der Waals surface area (Å²) >= 11 is 0. The first-order chi connectivity index (χ1) is 6.42. The van der Waals surface area contributed by atoms with Crippen molar-refractivity contribution in [2.75, 3.05) is 0 Å². The van der Waals surface area contributed by atoms with Crippen LogP contribution >= 0.6 is 0 Å². The first-order valence-electron chi connectivity index (χ1n) is 3.69. The number of hydrogen-bond acceptors (Lipinski definition) is 2. The van der Waals surface area contributed by atoms with Gasteiger partial charge in [-0.2, -0.15) is 0 Å². The van der Waals surface area contributed by atoms with E-state index in [1.54, 1.807) is 0 Å². The summed E-state index contributed by atoms with van der Waals surface area (Å²) in [7, 11) is 0. The van der Waals surface area contributed by atoms with Crippen molar-refractivity contribution >= 4 is 0 Å². The molecule has 1 heterocycles. The maximum absolute atomic E-state index is 12.1. The van der Waals surface area contributed by atoms with Gasteiger partial charge in [-0.1, -0.05) is 0 Å². The summed E-state index contributed by atoms with van der Waals surface area (Å²) in [6.07, 6.45) is -3.61. The molecule has 0 unspecified atom stereocenters. The monoisotopic (exact) mass is 209 g/mol. The fourth-order valence-electron chi connectivity index (χ4n) is 0.855. The van der Waals surface area contributed by atoms with Gasteiger partial charge >= 0.3 is 6.36 Å². The minimum Gasteiger partial charge on any atom is -0.404 e. The number of ether oxygens (including phenoxy) is 1. The summed E-state index contributed by atoms with van der Waals surface area (Å²) in [6, 6.07) is 0.982. The molecule has 0 aromatic carbocycles. The molecule has 0 amide bonds. The minimum atomic E-state index is -4.78. The van der Waals surface area contributed by atoms with E-state index < -0.39 is 18.8 Å². The number of pyridine rings is 1. The van der Waals surface area contributed by atoms with Crippen molar-refractivity contribution in [2.45, 2.75) is 20.0 Å². The lowest BCUT2D eigenvalue weighted by Crippen LogP contribution is -2.18. The van der Waals surface area contributed by atoms with E-state index in [1.165, 1.54) is 13.1 Å². The molecule has 78 valence electrons. The highest BCUT2D eigenvalue weighted by molar-refractivity contribution is 5.30. The van der Waals surface area contributed by atoms with Gasteiger partial charge in [0.25, 0.3) is 0 Å². The first kappa shape index (κ1) is 10.7. The Labute approximate surface area is 77.5 Å². The molecule has 0 aliphatic carbocycles. The molecule has 0 spiro atoms. The van der Waals surface area contributed by atoms with Crippen LogP contribution in [0.2, 0.25) is 0 Å². The van der Waals surface area contributed by atoms with Gasteiger partial charge in [0.2, 0.25) is 0 Å². The quantitative estimate of drug-likeness (QED) is 0.698. The second-order valence-electron chi connectivity index (χ2n) is 2.61. The lowest BCUT2D eigenvalue weighted by Gasteiger charge is -2.10. The number of rotatable bonds is 2. The molecule has 14 heavy (non-hydrogen) atoms. The summed E-state index contributed by atoms with van der Waals surface area (Å²) in [5, 5.41) is 0. The maximum Gasteiger partial charge on any atom is 0.573 e. The molecule has 0 aliphatic heterocycles. The van der Waals surface area contributed by atoms with Crippen molar-refractivity contribution in [3.05, 3.63) is 23.5 Å². The predicted octanol–water partition coefficient (Wildman–Crippen LogP) is 2.76. The van der Waals surface area contributed by atoms with Crippen LogP contribution in [0, 0.1) is 6.92 Å². The zero-order valence-corrected chi connectivity index (χ0v) is 7.23. The summed E-state index contributed by atoms with van der Waals surface area (Å²) in [5.74, 6) is -0.465. The molecule has 0 fully saturated rings. The van der Waals surface area contributed by atoms with Gasteiger partial charge in [-0.25, -0.2) is 4.39 Å². The maximum atomic E-state index is 12.1. The summed E-state index contributed by atoms with van der Waals surface area (Å²) < 4.78 is 51.2. The van der Waals surface area contributed by atoms with Gasteiger partial charge in [0, 0.05) is 11.8 Å². The summed E-state index contributed by atoms with van der Waals surface area (Å²) in [4.78, 5) is 3.57. The average molecular weight is 209 g/mol. The Morgan fingerprint density at radius 2 is 2.07 bits per heavy atom. The van der Waals surface area contributed by atoms with Crippen molar-refractivity contribution in [3.63, 3.8) is 0 Å². The fourth-order valence-corrected chi connectivity index (χ4v) is 0.855. The third-order valence-electron chi connectivity index (χ3n) is 1.48. The van der Waals surface area contributed by atoms with Crippen LogP contribution in [0.3, 0.4) is 0 Å². The third-order valence-corrected chi connectivity index (χ3v) is 1.48. The van der Waals surface area contributed by atoms with Crippen LogP contribution in [0.15, 0.2) is 12.3 Å². The van der Waals surface area contributed by atoms with Crippen molar-refractivity contribution in [1.29, 1.82) is 0 Å². The van der Waals surface area contributed by atoms with E-state index in [4.69, 9.17) is 0 Å². The molecular weight excluding hydrogens is 202 g/mol. The highest BCUT2D eigenvalue weighted by atomic mass is 19.4. The molecule has 1 rings (SSSR count). The van der Waals surface area contributed by atoms with Crippen LogP contribution in [-0.4, -0.2) is 11.3 Å². The number of alkyl halides is 4. The van der Waals surface area contributed by atoms with Gasteiger partial charge in [0.05, 0.1) is 5.69 Å². The molecule has 2 nitrogen and oxygen atoms in total. The Kier molecular flexibility index (Phi) is 2.93. The molecule has 0 saturated carbocycles. The van der Waals surface area contributed by atoms with Gasteiger partial charge in [-0.05, 0) is 13.0 Å². The molecule has 6 heteroatoms. The number of aromatic nitrogens is 1. The van der Waals surface area contributed by atoms with E-state index in [2.05, 4.69) is 9.72 Å². The molecule has 0 radical (unpaired) electrons. The van der Waals surface area contributed by atoms with Gasteiger partial charge in [-0.3, -0.25) is 4.98 Å². The van der Waals surface area contributed by atoms with Crippen molar-refractivity contribution in [2.24, 2.45) is 0 Å². The van der Waals surface area contributed by atoms with Crippen LogP contribution in [0.1, 0.15) is 11.3 Å². The van der Waals surface area contributed by atoms with E-state index in [-0.39, 0.29) is 11.3 Å². The topological polar surface area (TPSA) is 22.1 Å². The largest absolute Gasteiger partial charge is 0.573 e. The van der Waals surface area contributed by atoms with E-state index in [0.29, 0.717) is 0 Å². The summed E-state index contributed by atoms with van der Waals surface area (Å²) in [6.45, 7) is 0.477. The Morgan fingerprint density at radius 3 is 2.57 bits per heavy atom. The Balaban J connectivity index is 2.95. The van der Waals surface area contributed by atoms with Crippen LogP contribution in [0.5, 0.6) is 5.75 Å². The van der Waals surface area contributed by atoms with Gasteiger partial charge < -0.3 is 4.74 Å². The molecule has 0 saturated heterocycles. The molecule has 0 N–H and O–H groups in total. The lowest BCUT2D eigenvalue weighted by atomic mass is 10.2. The highest BCUT2D eigenvalue weighted by Gasteiger charge is 2.32. The average Bonchev–Trinajstić information content (AvgIpc) is 2.06. The van der Waals surface area contributed by atoms with Gasteiger partial charge in [0.1, 0.15) is 6.67 Å². The lowest BCUT2D eigenvalue weighted by molar-refractivity contribution is -0.275. The molecule has 0 aliphatic rings. The van der Waals surface area contributed by atoms with Crippen molar-refractivity contribution < 1.29 is 22.3 Å². The van der Waals surface area contributed by atoms with Crippen LogP contribution in [0.25, 0.3) is 0 Å². The summed E-state index contributed by atoms with van der Waals surface area (Å²) in [5.41, 5.74) is 0.120. The minimum absolute atomic E-state index is 0.0508. The van der Waals surface area contributed by atoms with Crippen LogP contribution < -0.4 is 4.74 Å². The van der Waals surface area contributed by atoms with E-state index in [0.717, 1.165) is 6.07 Å². The molecule has 1 aromatic rings.